The van der Waals surface area contributed by atoms with Gasteiger partial charge in [-0.15, -0.1) is 0 Å². The van der Waals surface area contributed by atoms with Crippen LogP contribution in [-0.2, 0) is 6.42 Å². The highest BCUT2D eigenvalue weighted by atomic mass is 14.1. The summed E-state index contributed by atoms with van der Waals surface area (Å²) < 4.78 is 0. The van der Waals surface area contributed by atoms with Crippen molar-refractivity contribution in [2.45, 2.75) is 38.5 Å². The first-order valence-electron chi connectivity index (χ1n) is 7.65. The van der Waals surface area contributed by atoms with Gasteiger partial charge in [0.2, 0.25) is 0 Å². The smallest absolute Gasteiger partial charge is 0.00178 e. The average molecular weight is 264 g/mol. The lowest BCUT2D eigenvalue weighted by Crippen LogP contribution is -1.94. The molecule has 2 aromatic carbocycles. The Labute approximate surface area is 123 Å². The van der Waals surface area contributed by atoms with E-state index in [4.69, 9.17) is 0 Å². The van der Waals surface area contributed by atoms with Gasteiger partial charge >= 0.3 is 0 Å². The maximum Gasteiger partial charge on any atom is 0.00178 e. The molecule has 0 aliphatic carbocycles. The summed E-state index contributed by atoms with van der Waals surface area (Å²) in [5.74, 6) is 0.567. The topological polar surface area (TPSA) is 0 Å². The number of allylic oxidation sites excluding steroid dienone is 2. The van der Waals surface area contributed by atoms with E-state index in [2.05, 4.69) is 79.7 Å². The molecule has 0 nitrogen and oxygen atoms in total. The number of hydrogen-bond donors (Lipinski definition) is 0. The first-order chi connectivity index (χ1) is 9.90. The lowest BCUT2D eigenvalue weighted by molar-refractivity contribution is 0.714. The summed E-state index contributed by atoms with van der Waals surface area (Å²) in [5, 5.41) is 0. The fourth-order valence-electron chi connectivity index (χ4n) is 2.54. The third kappa shape index (κ3) is 4.70. The largest absolute Gasteiger partial charge is 0.0876 e. The third-order valence-electron chi connectivity index (χ3n) is 3.64. The number of aryl methyl sites for hydroxylation is 1. The lowest BCUT2D eigenvalue weighted by atomic mass is 9.93. The van der Waals surface area contributed by atoms with Crippen LogP contribution < -0.4 is 0 Å². The Morgan fingerprint density at radius 2 is 1.55 bits per heavy atom. The average Bonchev–Trinajstić information content (AvgIpc) is 2.52. The minimum atomic E-state index is 0.567. The van der Waals surface area contributed by atoms with Gasteiger partial charge in [-0.2, -0.15) is 0 Å². The highest BCUT2D eigenvalue weighted by molar-refractivity contribution is 5.24. The van der Waals surface area contributed by atoms with Gasteiger partial charge in [0.05, 0.1) is 0 Å². The van der Waals surface area contributed by atoms with Gasteiger partial charge < -0.3 is 0 Å². The van der Waals surface area contributed by atoms with Gasteiger partial charge in [0.15, 0.2) is 0 Å². The van der Waals surface area contributed by atoms with Crippen molar-refractivity contribution in [1.29, 1.82) is 0 Å². The van der Waals surface area contributed by atoms with Crippen LogP contribution in [0.15, 0.2) is 72.8 Å². The quantitative estimate of drug-likeness (QED) is 0.558. The van der Waals surface area contributed by atoms with Crippen LogP contribution in [0.3, 0.4) is 0 Å². The second-order valence-corrected chi connectivity index (χ2v) is 5.26. The Morgan fingerprint density at radius 1 is 0.900 bits per heavy atom. The van der Waals surface area contributed by atoms with E-state index in [0.29, 0.717) is 5.92 Å². The molecule has 1 atom stereocenters. The van der Waals surface area contributed by atoms with Crippen molar-refractivity contribution in [3.63, 3.8) is 0 Å². The van der Waals surface area contributed by atoms with Crippen molar-refractivity contribution in [1.82, 2.24) is 0 Å². The van der Waals surface area contributed by atoms with E-state index in [1.165, 1.54) is 24.0 Å². The molecule has 104 valence electrons. The normalized spacial score (nSPS) is 12.7. The summed E-state index contributed by atoms with van der Waals surface area (Å²) in [6.45, 7) is 2.26. The molecule has 0 aliphatic rings. The lowest BCUT2D eigenvalue weighted by Gasteiger charge is -2.11. The van der Waals surface area contributed by atoms with Crippen molar-refractivity contribution >= 4 is 0 Å². The zero-order valence-electron chi connectivity index (χ0n) is 12.3. The van der Waals surface area contributed by atoms with Crippen molar-refractivity contribution in [3.8, 4) is 0 Å². The molecule has 0 aromatic heterocycles. The zero-order valence-corrected chi connectivity index (χ0v) is 12.3. The predicted octanol–water partition coefficient (Wildman–Crippen LogP) is 5.76. The maximum atomic E-state index is 2.39. The molecule has 2 aromatic rings. The van der Waals surface area contributed by atoms with E-state index < -0.39 is 0 Å². The van der Waals surface area contributed by atoms with Crippen LogP contribution in [0.4, 0.5) is 0 Å². The number of benzene rings is 2. The maximum absolute atomic E-state index is 2.39. The summed E-state index contributed by atoms with van der Waals surface area (Å²) in [6.07, 6.45) is 9.44. The summed E-state index contributed by atoms with van der Waals surface area (Å²) >= 11 is 0. The minimum Gasteiger partial charge on any atom is -0.0876 e. The first kappa shape index (κ1) is 14.6. The van der Waals surface area contributed by atoms with E-state index in [1.54, 1.807) is 0 Å². The van der Waals surface area contributed by atoms with E-state index in [9.17, 15) is 0 Å². The monoisotopic (exact) mass is 264 g/mol. The van der Waals surface area contributed by atoms with Gasteiger partial charge in [0, 0.05) is 5.92 Å². The van der Waals surface area contributed by atoms with Gasteiger partial charge in [-0.3, -0.25) is 0 Å². The summed E-state index contributed by atoms with van der Waals surface area (Å²) in [7, 11) is 0. The number of hydrogen-bond acceptors (Lipinski definition) is 0. The van der Waals surface area contributed by atoms with Gasteiger partial charge in [-0.05, 0) is 30.4 Å². The van der Waals surface area contributed by atoms with Crippen molar-refractivity contribution < 1.29 is 0 Å². The second kappa shape index (κ2) is 8.37. The molecule has 0 heterocycles. The molecule has 0 amide bonds. The van der Waals surface area contributed by atoms with Crippen molar-refractivity contribution in [2.24, 2.45) is 0 Å². The highest BCUT2D eigenvalue weighted by Gasteiger charge is 2.05. The van der Waals surface area contributed by atoms with Crippen molar-refractivity contribution in [3.05, 3.63) is 83.9 Å². The van der Waals surface area contributed by atoms with Crippen LogP contribution in [0.2, 0.25) is 0 Å². The molecule has 0 aliphatic heterocycles. The highest BCUT2D eigenvalue weighted by Crippen LogP contribution is 2.22. The molecular weight excluding hydrogens is 240 g/mol. The van der Waals surface area contributed by atoms with Crippen LogP contribution in [0.25, 0.3) is 0 Å². The molecule has 0 saturated heterocycles. The molecule has 0 bridgehead atoms. The number of rotatable bonds is 7. The van der Waals surface area contributed by atoms with Gasteiger partial charge in [0.25, 0.3) is 0 Å². The van der Waals surface area contributed by atoms with E-state index in [0.717, 1.165) is 12.8 Å². The Hall–Kier alpha value is -1.82. The minimum absolute atomic E-state index is 0.567. The Morgan fingerprint density at radius 3 is 2.20 bits per heavy atom. The van der Waals surface area contributed by atoms with E-state index >= 15 is 0 Å². The van der Waals surface area contributed by atoms with E-state index in [1.807, 2.05) is 0 Å². The standard InChI is InChI=1S/C20H24/c1-2-11-19(20-15-7-4-8-16-20)17-10-9-14-18-12-5-3-6-13-18/h3-8,10,12-13,15-17,19H,2,9,11,14H2,1H3. The van der Waals surface area contributed by atoms with Crippen LogP contribution in [0.1, 0.15) is 43.2 Å². The summed E-state index contributed by atoms with van der Waals surface area (Å²) in [4.78, 5) is 0. The van der Waals surface area contributed by atoms with Gasteiger partial charge in [-0.25, -0.2) is 0 Å². The fourth-order valence-corrected chi connectivity index (χ4v) is 2.54. The molecule has 0 saturated carbocycles. The molecule has 0 fully saturated rings. The fraction of sp³-hybridized carbons (Fsp3) is 0.300. The predicted molar refractivity (Wildman–Crippen MR) is 88.0 cm³/mol. The van der Waals surface area contributed by atoms with Crippen LogP contribution >= 0.6 is 0 Å². The molecule has 0 N–H and O–H groups in total. The molecule has 20 heavy (non-hydrogen) atoms. The molecule has 0 spiro atoms. The molecule has 0 radical (unpaired) electrons. The molecular formula is C20H24. The zero-order chi connectivity index (χ0) is 14.0. The Balaban J connectivity index is 1.90. The van der Waals surface area contributed by atoms with E-state index in [-0.39, 0.29) is 0 Å². The van der Waals surface area contributed by atoms with Crippen LogP contribution in [0, 0.1) is 0 Å². The SMILES string of the molecule is CCCC(C=CCCc1ccccc1)c1ccccc1. The second-order valence-electron chi connectivity index (χ2n) is 5.26. The molecule has 0 heteroatoms. The van der Waals surface area contributed by atoms with Crippen LogP contribution in [-0.4, -0.2) is 0 Å². The van der Waals surface area contributed by atoms with Crippen molar-refractivity contribution in [2.75, 3.05) is 0 Å². The van der Waals surface area contributed by atoms with Gasteiger partial charge in [0.1, 0.15) is 0 Å². The Kier molecular flexibility index (Phi) is 6.10. The Bertz CT molecular complexity index is 496. The third-order valence-corrected chi connectivity index (χ3v) is 3.64. The molecule has 1 unspecified atom stereocenters. The first-order valence-corrected chi connectivity index (χ1v) is 7.65. The molecule has 2 rings (SSSR count). The summed E-state index contributed by atoms with van der Waals surface area (Å²) in [5.41, 5.74) is 2.86. The van der Waals surface area contributed by atoms with Gasteiger partial charge in [-0.1, -0.05) is 86.2 Å². The van der Waals surface area contributed by atoms with Crippen LogP contribution in [0.5, 0.6) is 0 Å². The summed E-state index contributed by atoms with van der Waals surface area (Å²) in [6, 6.07) is 21.5.